The van der Waals surface area contributed by atoms with Gasteiger partial charge in [0.2, 0.25) is 0 Å². The molecule has 3 N–H and O–H groups in total. The summed E-state index contributed by atoms with van der Waals surface area (Å²) in [4.78, 5) is 38.2. The van der Waals surface area contributed by atoms with E-state index in [1.807, 2.05) is 47.0 Å². The van der Waals surface area contributed by atoms with Crippen LogP contribution in [-0.4, -0.2) is 64.6 Å². The number of nitrogens with zero attached hydrogens (tertiary/aromatic N) is 2. The molecule has 1 aromatic heterocycles. The minimum absolute atomic E-state index is 0.142. The Bertz CT molecular complexity index is 1500. The zero-order valence-electron chi connectivity index (χ0n) is 26.6. The maximum Gasteiger partial charge on any atom is 0.332 e. The molecule has 3 rings (SSSR count). The van der Waals surface area contributed by atoms with E-state index in [0.29, 0.717) is 0 Å². The van der Waals surface area contributed by atoms with Crippen LogP contribution < -0.4 is 22.3 Å². The molecule has 0 saturated carbocycles. The first-order valence-electron chi connectivity index (χ1n) is 13.8. The van der Waals surface area contributed by atoms with Crippen LogP contribution in [0, 0.1) is 6.92 Å². The van der Waals surface area contributed by atoms with E-state index in [4.69, 9.17) is 23.5 Å². The lowest BCUT2D eigenvalue weighted by Gasteiger charge is -2.44. The fraction of sp³-hybridized carbons (Fsp3) is 0.731. The molecular formula is C26H46N4O9SSi2. The first-order chi connectivity index (χ1) is 18.8. The monoisotopic (exact) mass is 646 g/mol. The lowest BCUT2D eigenvalue weighted by Crippen LogP contribution is -2.60. The second-order valence-corrected chi connectivity index (χ2v) is 25.1. The summed E-state index contributed by atoms with van der Waals surface area (Å²) in [7, 11) is -8.23. The molecule has 16 heteroatoms. The van der Waals surface area contributed by atoms with Crippen LogP contribution in [0.15, 0.2) is 26.9 Å². The largest absolute Gasteiger partial charge is 0.414 e. The van der Waals surface area contributed by atoms with Crippen molar-refractivity contribution in [3.63, 3.8) is 0 Å². The molecule has 42 heavy (non-hydrogen) atoms. The number of carbonyl (C=O) groups is 1. The predicted molar refractivity (Wildman–Crippen MR) is 163 cm³/mol. The third kappa shape index (κ3) is 6.12. The predicted octanol–water partition coefficient (Wildman–Crippen LogP) is 2.77. The summed E-state index contributed by atoms with van der Waals surface area (Å²) >= 11 is 0. The first-order valence-corrected chi connectivity index (χ1v) is 21.1. The minimum atomic E-state index is -4.37. The van der Waals surface area contributed by atoms with Crippen molar-refractivity contribution in [3.05, 3.63) is 43.7 Å². The van der Waals surface area contributed by atoms with Crippen molar-refractivity contribution in [3.8, 4) is 0 Å². The molecular weight excluding hydrogens is 601 g/mol. The number of aryl methyl sites for hydroxylation is 1. The Hall–Kier alpha value is -2.09. The lowest BCUT2D eigenvalue weighted by molar-refractivity contribution is -0.0571. The van der Waals surface area contributed by atoms with Crippen LogP contribution in [0.5, 0.6) is 0 Å². The van der Waals surface area contributed by atoms with E-state index in [0.717, 1.165) is 9.98 Å². The number of nitrogens with one attached hydrogen (secondary N) is 1. The number of nitrogens with two attached hydrogens (primary N) is 1. The van der Waals surface area contributed by atoms with Gasteiger partial charge in [-0.1, -0.05) is 41.5 Å². The van der Waals surface area contributed by atoms with E-state index in [9.17, 15) is 22.8 Å². The highest BCUT2D eigenvalue weighted by molar-refractivity contribution is 7.90. The average Bonchev–Trinajstić information content (AvgIpc) is 3.24. The molecule has 2 aliphatic rings. The summed E-state index contributed by atoms with van der Waals surface area (Å²) in [5.41, 5.74) is 2.41. The van der Waals surface area contributed by atoms with E-state index in [-0.39, 0.29) is 27.9 Å². The van der Waals surface area contributed by atoms with Gasteiger partial charge in [0.05, 0.1) is 17.7 Å². The fourth-order valence-corrected chi connectivity index (χ4v) is 8.00. The Kier molecular flexibility index (Phi) is 8.86. The second-order valence-electron chi connectivity index (χ2n) is 14.1. The van der Waals surface area contributed by atoms with Gasteiger partial charge in [-0.25, -0.2) is 13.8 Å². The van der Waals surface area contributed by atoms with Crippen LogP contribution in [0.25, 0.3) is 0 Å². The highest BCUT2D eigenvalue weighted by atomic mass is 32.2. The van der Waals surface area contributed by atoms with Crippen molar-refractivity contribution in [2.45, 2.75) is 109 Å². The Morgan fingerprint density at radius 2 is 1.64 bits per heavy atom. The molecule has 4 atom stereocenters. The van der Waals surface area contributed by atoms with Crippen molar-refractivity contribution in [1.29, 1.82) is 0 Å². The van der Waals surface area contributed by atoms with E-state index in [1.54, 1.807) is 6.92 Å². The lowest BCUT2D eigenvalue weighted by atomic mass is 9.89. The number of carbonyl (C=O) groups excluding carboxylic acids is 1. The third-order valence-electron chi connectivity index (χ3n) is 9.04. The number of amides is 2. The second kappa shape index (κ2) is 10.8. The van der Waals surface area contributed by atoms with Crippen molar-refractivity contribution >= 4 is 32.8 Å². The summed E-state index contributed by atoms with van der Waals surface area (Å²) in [5, 5.41) is 2.65. The summed E-state index contributed by atoms with van der Waals surface area (Å²) in [5.74, 6) is 0. The number of aromatic nitrogens is 2. The average molecular weight is 647 g/mol. The van der Waals surface area contributed by atoms with Crippen LogP contribution in [0.4, 0.5) is 4.79 Å². The van der Waals surface area contributed by atoms with Gasteiger partial charge >= 0.3 is 11.7 Å². The Morgan fingerprint density at radius 3 is 2.14 bits per heavy atom. The Balaban J connectivity index is 2.36. The van der Waals surface area contributed by atoms with Gasteiger partial charge in [0, 0.05) is 18.8 Å². The SMILES string of the molecule is Cc1cn([C@@H]2O[C@H](CO[Si](C)(C)C(C)(C)C)[C@@]3(OS(=O)(=O)C=C3NC(N)=O)[C@H]2O[Si](C)(C)C(C)(C)C)c(=O)n(C)c1=O. The zero-order valence-corrected chi connectivity index (χ0v) is 29.5. The normalized spacial score (nSPS) is 26.5. The maximum absolute atomic E-state index is 13.5. The Morgan fingerprint density at radius 1 is 1.10 bits per heavy atom. The molecule has 1 aromatic rings. The highest BCUT2D eigenvalue weighted by Gasteiger charge is 2.68. The molecule has 0 radical (unpaired) electrons. The van der Waals surface area contributed by atoms with E-state index in [1.165, 1.54) is 17.8 Å². The van der Waals surface area contributed by atoms with Crippen LogP contribution in [0.2, 0.25) is 36.3 Å². The number of primary amides is 1. The Labute approximate surface area is 249 Å². The molecule has 0 aliphatic carbocycles. The molecule has 3 heterocycles. The van der Waals surface area contributed by atoms with Gasteiger partial charge in [-0.2, -0.15) is 8.42 Å². The van der Waals surface area contributed by atoms with Gasteiger partial charge in [0.1, 0.15) is 12.2 Å². The molecule has 2 amide bonds. The van der Waals surface area contributed by atoms with E-state index >= 15 is 0 Å². The number of hydrogen-bond acceptors (Lipinski definition) is 9. The van der Waals surface area contributed by atoms with Gasteiger partial charge in [-0.15, -0.1) is 0 Å². The molecule has 0 aromatic carbocycles. The van der Waals surface area contributed by atoms with Gasteiger partial charge < -0.3 is 24.6 Å². The zero-order chi connectivity index (χ0) is 32.4. The van der Waals surface area contributed by atoms with Crippen LogP contribution >= 0.6 is 0 Å². The molecule has 13 nitrogen and oxygen atoms in total. The summed E-state index contributed by atoms with van der Waals surface area (Å²) in [6.45, 7) is 21.6. The molecule has 238 valence electrons. The highest BCUT2D eigenvalue weighted by Crippen LogP contribution is 2.52. The van der Waals surface area contributed by atoms with Crippen LogP contribution in [-0.2, 0) is 34.9 Å². The topological polar surface area (TPSA) is 170 Å². The molecule has 2 aliphatic heterocycles. The minimum Gasteiger partial charge on any atom is -0.414 e. The fourth-order valence-electron chi connectivity index (χ4n) is 4.46. The molecule has 1 spiro atoms. The number of rotatable bonds is 7. The smallest absolute Gasteiger partial charge is 0.332 e. The van der Waals surface area contributed by atoms with Crippen LogP contribution in [0.1, 0.15) is 53.3 Å². The van der Waals surface area contributed by atoms with Crippen LogP contribution in [0.3, 0.4) is 0 Å². The van der Waals surface area contributed by atoms with E-state index < -0.39 is 68.1 Å². The van der Waals surface area contributed by atoms with Gasteiger partial charge in [-0.05, 0) is 43.2 Å². The van der Waals surface area contributed by atoms with Gasteiger partial charge in [0.25, 0.3) is 15.7 Å². The van der Waals surface area contributed by atoms with Crippen molar-refractivity contribution in [2.24, 2.45) is 12.8 Å². The quantitative estimate of drug-likeness (QED) is 0.334. The summed E-state index contributed by atoms with van der Waals surface area (Å²) < 4.78 is 54.1. The maximum atomic E-state index is 13.5. The summed E-state index contributed by atoms with van der Waals surface area (Å²) in [6.07, 6.45) is -2.37. The standard InChI is InChI=1S/C26H46N4O9SSi2/c1-16-13-30(23(33)29(8)20(16)31)21-19(38-42(11,12)25(5,6)7)26(17(28-22(27)32)15-40(34,35)39-26)18(37-21)14-36-41(9,10)24(2,3)4/h13,15,18-19,21H,14H2,1-12H3,(H3,27,28,32)/t18-,19+,21-,26-/m1/s1. The molecule has 0 bridgehead atoms. The first kappa shape index (κ1) is 34.4. The number of hydrogen-bond donors (Lipinski definition) is 2. The van der Waals surface area contributed by atoms with Crippen molar-refractivity contribution < 1.29 is 31.0 Å². The van der Waals surface area contributed by atoms with Gasteiger partial charge in [0.15, 0.2) is 28.5 Å². The number of ether oxygens (including phenoxy) is 1. The molecule has 0 unspecified atom stereocenters. The van der Waals surface area contributed by atoms with Crippen molar-refractivity contribution in [2.75, 3.05) is 6.61 Å². The molecule has 1 fully saturated rings. The van der Waals surface area contributed by atoms with E-state index in [2.05, 4.69) is 26.1 Å². The molecule has 1 saturated heterocycles. The summed E-state index contributed by atoms with van der Waals surface area (Å²) in [6, 6.07) is -1.02. The van der Waals surface area contributed by atoms with Crippen molar-refractivity contribution in [1.82, 2.24) is 14.5 Å². The van der Waals surface area contributed by atoms with Gasteiger partial charge in [-0.3, -0.25) is 13.9 Å². The third-order valence-corrected chi connectivity index (χ3v) is 19.0. The number of urea groups is 1.